The predicted octanol–water partition coefficient (Wildman–Crippen LogP) is 1.04. The summed E-state index contributed by atoms with van der Waals surface area (Å²) in [6, 6.07) is -0.174. The van der Waals surface area contributed by atoms with Crippen LogP contribution in [0.15, 0.2) is 0 Å². The van der Waals surface area contributed by atoms with Crippen LogP contribution in [0, 0.1) is 0 Å². The van der Waals surface area contributed by atoms with Crippen LogP contribution in [0.5, 0.6) is 0 Å². The molecule has 0 aliphatic carbocycles. The van der Waals surface area contributed by atoms with E-state index in [-0.39, 0.29) is 17.9 Å². The maximum absolute atomic E-state index is 12.5. The van der Waals surface area contributed by atoms with Gasteiger partial charge in [0.1, 0.15) is 0 Å². The highest BCUT2D eigenvalue weighted by atomic mass is 16.2. The third-order valence-corrected chi connectivity index (χ3v) is 4.84. The lowest BCUT2D eigenvalue weighted by atomic mass is 10.1. The number of rotatable bonds is 3. The van der Waals surface area contributed by atoms with Crippen LogP contribution in [0.4, 0.5) is 0 Å². The number of amides is 2. The van der Waals surface area contributed by atoms with Gasteiger partial charge in [0, 0.05) is 0 Å². The molecule has 0 N–H and O–H groups in total. The van der Waals surface area contributed by atoms with Gasteiger partial charge in [-0.2, -0.15) is 0 Å². The van der Waals surface area contributed by atoms with E-state index in [0.717, 1.165) is 39.0 Å². The number of carbonyl (C=O) groups is 2. The Labute approximate surface area is 120 Å². The van der Waals surface area contributed by atoms with E-state index >= 15 is 0 Å². The van der Waals surface area contributed by atoms with Crippen molar-refractivity contribution in [1.82, 2.24) is 14.7 Å². The number of hydrogen-bond acceptors (Lipinski definition) is 4. The van der Waals surface area contributed by atoms with Crippen molar-refractivity contribution in [1.29, 1.82) is 0 Å². The third kappa shape index (κ3) is 2.88. The molecule has 0 aromatic heterocycles. The molecule has 1 unspecified atom stereocenters. The average molecular weight is 279 g/mol. The molecule has 3 aliphatic rings. The standard InChI is InChI=1S/C15H25N3O2/c19-14-11-13(17-9-5-2-6-10-17)15(20)18(14)12-16-7-3-1-4-8-16/h13H,1-12H2. The Kier molecular flexibility index (Phi) is 4.36. The summed E-state index contributed by atoms with van der Waals surface area (Å²) >= 11 is 0. The molecule has 0 saturated carbocycles. The van der Waals surface area contributed by atoms with E-state index in [1.54, 1.807) is 0 Å². The quantitative estimate of drug-likeness (QED) is 0.724. The molecule has 0 aromatic rings. The van der Waals surface area contributed by atoms with Gasteiger partial charge in [-0.1, -0.05) is 12.8 Å². The first-order chi connectivity index (χ1) is 9.75. The van der Waals surface area contributed by atoms with Gasteiger partial charge in [0.15, 0.2) is 0 Å². The SMILES string of the molecule is O=C1CC(N2CCCCC2)C(=O)N1CN1CCCCC1. The molecular weight excluding hydrogens is 254 g/mol. The molecule has 20 heavy (non-hydrogen) atoms. The lowest BCUT2D eigenvalue weighted by Crippen LogP contribution is -2.47. The maximum Gasteiger partial charge on any atom is 0.248 e. The van der Waals surface area contributed by atoms with Gasteiger partial charge in [-0.25, -0.2) is 0 Å². The van der Waals surface area contributed by atoms with Gasteiger partial charge in [-0.3, -0.25) is 24.3 Å². The molecule has 5 heteroatoms. The van der Waals surface area contributed by atoms with Crippen LogP contribution in [-0.4, -0.2) is 65.4 Å². The number of nitrogens with zero attached hydrogens (tertiary/aromatic N) is 3. The first-order valence-electron chi connectivity index (χ1n) is 8.06. The van der Waals surface area contributed by atoms with Crippen LogP contribution in [0.2, 0.25) is 0 Å². The fourth-order valence-electron chi connectivity index (χ4n) is 3.63. The second-order valence-electron chi connectivity index (χ2n) is 6.30. The molecule has 112 valence electrons. The molecule has 2 amide bonds. The molecule has 0 bridgehead atoms. The molecule has 0 spiro atoms. The molecule has 3 fully saturated rings. The van der Waals surface area contributed by atoms with Gasteiger partial charge < -0.3 is 0 Å². The van der Waals surface area contributed by atoms with E-state index in [1.807, 2.05) is 0 Å². The molecule has 3 saturated heterocycles. The Morgan fingerprint density at radius 1 is 0.850 bits per heavy atom. The highest BCUT2D eigenvalue weighted by molar-refractivity contribution is 6.05. The van der Waals surface area contributed by atoms with Crippen molar-refractivity contribution in [2.45, 2.75) is 51.0 Å². The monoisotopic (exact) mass is 279 g/mol. The zero-order valence-electron chi connectivity index (χ0n) is 12.2. The smallest absolute Gasteiger partial charge is 0.248 e. The molecular formula is C15H25N3O2. The molecule has 3 aliphatic heterocycles. The minimum Gasteiger partial charge on any atom is -0.292 e. The summed E-state index contributed by atoms with van der Waals surface area (Å²) in [7, 11) is 0. The van der Waals surface area contributed by atoms with Crippen molar-refractivity contribution in [3.63, 3.8) is 0 Å². The van der Waals surface area contributed by atoms with Crippen molar-refractivity contribution in [3.05, 3.63) is 0 Å². The molecule has 5 nitrogen and oxygen atoms in total. The molecule has 3 rings (SSSR count). The second-order valence-corrected chi connectivity index (χ2v) is 6.30. The first kappa shape index (κ1) is 14.0. The largest absolute Gasteiger partial charge is 0.292 e. The summed E-state index contributed by atoms with van der Waals surface area (Å²) in [6.07, 6.45) is 7.61. The van der Waals surface area contributed by atoms with Gasteiger partial charge in [-0.15, -0.1) is 0 Å². The highest BCUT2D eigenvalue weighted by Crippen LogP contribution is 2.23. The van der Waals surface area contributed by atoms with E-state index in [1.165, 1.54) is 30.6 Å². The zero-order valence-corrected chi connectivity index (χ0v) is 12.2. The normalized spacial score (nSPS) is 30.2. The van der Waals surface area contributed by atoms with Gasteiger partial charge in [-0.05, 0) is 51.9 Å². The second kappa shape index (κ2) is 6.22. The van der Waals surface area contributed by atoms with Gasteiger partial charge in [0.05, 0.1) is 19.1 Å². The minimum atomic E-state index is -0.174. The summed E-state index contributed by atoms with van der Waals surface area (Å²) in [5.41, 5.74) is 0. The maximum atomic E-state index is 12.5. The summed E-state index contributed by atoms with van der Waals surface area (Å²) in [4.78, 5) is 30.7. The van der Waals surface area contributed by atoms with Crippen LogP contribution < -0.4 is 0 Å². The first-order valence-corrected chi connectivity index (χ1v) is 8.06. The van der Waals surface area contributed by atoms with Crippen LogP contribution >= 0.6 is 0 Å². The Morgan fingerprint density at radius 2 is 1.45 bits per heavy atom. The summed E-state index contributed by atoms with van der Waals surface area (Å²) in [6.45, 7) is 4.50. The zero-order chi connectivity index (χ0) is 13.9. The lowest BCUT2D eigenvalue weighted by Gasteiger charge is -2.32. The van der Waals surface area contributed by atoms with Crippen molar-refractivity contribution < 1.29 is 9.59 Å². The fraction of sp³-hybridized carbons (Fsp3) is 0.867. The van der Waals surface area contributed by atoms with Gasteiger partial charge in [0.25, 0.3) is 0 Å². The topological polar surface area (TPSA) is 43.9 Å². The Bertz CT molecular complexity index is 373. The van der Waals surface area contributed by atoms with Crippen LogP contribution in [0.3, 0.4) is 0 Å². The Morgan fingerprint density at radius 3 is 2.10 bits per heavy atom. The summed E-state index contributed by atoms with van der Waals surface area (Å²) in [5.74, 6) is 0.0682. The van der Waals surface area contributed by atoms with Crippen LogP contribution in [0.25, 0.3) is 0 Å². The van der Waals surface area contributed by atoms with Crippen LogP contribution in [0.1, 0.15) is 44.9 Å². The van der Waals surface area contributed by atoms with Gasteiger partial charge >= 0.3 is 0 Å². The number of imide groups is 1. The summed E-state index contributed by atoms with van der Waals surface area (Å²) < 4.78 is 0. The van der Waals surface area contributed by atoms with Crippen molar-refractivity contribution >= 4 is 11.8 Å². The van der Waals surface area contributed by atoms with E-state index in [2.05, 4.69) is 9.80 Å². The predicted molar refractivity (Wildman–Crippen MR) is 76.0 cm³/mol. The van der Waals surface area contributed by atoms with E-state index in [0.29, 0.717) is 13.1 Å². The van der Waals surface area contributed by atoms with Crippen molar-refractivity contribution in [3.8, 4) is 0 Å². The number of carbonyl (C=O) groups excluding carboxylic acids is 2. The Hall–Kier alpha value is -0.940. The minimum absolute atomic E-state index is 0.0242. The highest BCUT2D eigenvalue weighted by Gasteiger charge is 2.42. The number of hydrogen-bond donors (Lipinski definition) is 0. The average Bonchev–Trinajstić information content (AvgIpc) is 2.77. The number of likely N-dealkylation sites (tertiary alicyclic amines) is 3. The number of piperidine rings is 2. The lowest BCUT2D eigenvalue weighted by molar-refractivity contribution is -0.142. The molecule has 1 atom stereocenters. The van der Waals surface area contributed by atoms with Crippen molar-refractivity contribution in [2.75, 3.05) is 32.8 Å². The fourth-order valence-corrected chi connectivity index (χ4v) is 3.63. The molecule has 0 aromatic carbocycles. The van der Waals surface area contributed by atoms with Crippen molar-refractivity contribution in [2.24, 2.45) is 0 Å². The van der Waals surface area contributed by atoms with E-state index < -0.39 is 0 Å². The third-order valence-electron chi connectivity index (χ3n) is 4.84. The van der Waals surface area contributed by atoms with E-state index in [9.17, 15) is 9.59 Å². The summed E-state index contributed by atoms with van der Waals surface area (Å²) in [5, 5.41) is 0. The van der Waals surface area contributed by atoms with Crippen LogP contribution in [-0.2, 0) is 9.59 Å². The molecule has 0 radical (unpaired) electrons. The Balaban J connectivity index is 1.60. The van der Waals surface area contributed by atoms with E-state index in [4.69, 9.17) is 0 Å². The van der Waals surface area contributed by atoms with Gasteiger partial charge in [0.2, 0.25) is 11.8 Å². The molecule has 3 heterocycles.